The summed E-state index contributed by atoms with van der Waals surface area (Å²) in [5.41, 5.74) is 2.71. The largest absolute Gasteiger partial charge is 0.338 e. The highest BCUT2D eigenvalue weighted by Crippen LogP contribution is 2.47. The summed E-state index contributed by atoms with van der Waals surface area (Å²) in [6, 6.07) is 10.4. The molecule has 2 amide bonds. The average molecular weight is 436 g/mol. The van der Waals surface area contributed by atoms with Crippen LogP contribution in [0.5, 0.6) is 0 Å². The number of hydrogen-bond donors (Lipinski definition) is 1. The summed E-state index contributed by atoms with van der Waals surface area (Å²) >= 11 is 12.2. The van der Waals surface area contributed by atoms with Crippen molar-refractivity contribution in [1.29, 1.82) is 0 Å². The molecule has 0 saturated carbocycles. The zero-order chi connectivity index (χ0) is 20.6. The summed E-state index contributed by atoms with van der Waals surface area (Å²) in [7, 11) is 0. The molecule has 2 aliphatic rings. The smallest absolute Gasteiger partial charge is 0.321 e. The van der Waals surface area contributed by atoms with Gasteiger partial charge in [0.2, 0.25) is 0 Å². The molecule has 2 heterocycles. The van der Waals surface area contributed by atoms with E-state index in [0.717, 1.165) is 49.3 Å². The number of urea groups is 1. The molecule has 1 N–H and O–H groups in total. The van der Waals surface area contributed by atoms with Gasteiger partial charge in [-0.15, -0.1) is 0 Å². The lowest BCUT2D eigenvalue weighted by atomic mass is 9.74. The van der Waals surface area contributed by atoms with Crippen LogP contribution in [0.2, 0.25) is 10.0 Å². The molecule has 0 aromatic heterocycles. The van der Waals surface area contributed by atoms with E-state index >= 15 is 0 Å². The first-order valence-corrected chi connectivity index (χ1v) is 10.7. The first kappa shape index (κ1) is 20.5. The minimum atomic E-state index is -0.251. The lowest BCUT2D eigenvalue weighted by molar-refractivity contribution is 0.159. The normalized spacial score (nSPS) is 18.1. The Morgan fingerprint density at radius 2 is 1.90 bits per heavy atom. The SMILES string of the molecule is CCNC(=O)N1CC2(CCN(Cc3ccc(Cl)c(Cl)c3)CC2)c2cc(F)ccc21. The van der Waals surface area contributed by atoms with Gasteiger partial charge < -0.3 is 5.32 Å². The Hall–Kier alpha value is -1.82. The number of nitrogens with zero attached hydrogens (tertiary/aromatic N) is 2. The Morgan fingerprint density at radius 3 is 2.59 bits per heavy atom. The van der Waals surface area contributed by atoms with Crippen molar-refractivity contribution in [1.82, 2.24) is 10.2 Å². The summed E-state index contributed by atoms with van der Waals surface area (Å²) < 4.78 is 14.1. The van der Waals surface area contributed by atoms with Gasteiger partial charge in [-0.3, -0.25) is 9.80 Å². The first-order chi connectivity index (χ1) is 13.9. The average Bonchev–Trinajstić information content (AvgIpc) is 3.01. The third-order valence-electron chi connectivity index (χ3n) is 6.06. The minimum absolute atomic E-state index is 0.115. The Kier molecular flexibility index (Phi) is 5.74. The Bertz CT molecular complexity index is 928. The predicted octanol–water partition coefficient (Wildman–Crippen LogP) is 5.22. The van der Waals surface area contributed by atoms with Crippen LogP contribution in [-0.2, 0) is 12.0 Å². The molecule has 7 heteroatoms. The number of carbonyl (C=O) groups excluding carboxylic acids is 1. The van der Waals surface area contributed by atoms with Gasteiger partial charge in [-0.1, -0.05) is 29.3 Å². The fourth-order valence-electron chi connectivity index (χ4n) is 4.53. The Balaban J connectivity index is 1.52. The van der Waals surface area contributed by atoms with Gasteiger partial charge in [0.25, 0.3) is 0 Å². The van der Waals surface area contributed by atoms with E-state index in [0.29, 0.717) is 23.1 Å². The molecule has 0 aliphatic carbocycles. The van der Waals surface area contributed by atoms with Gasteiger partial charge in [0.1, 0.15) is 5.82 Å². The second kappa shape index (κ2) is 8.13. The standard InChI is InChI=1S/C22H24Cl2FN3O/c1-2-26-21(29)28-14-22(17-12-16(25)4-6-20(17)28)7-9-27(10-8-22)13-15-3-5-18(23)19(24)11-15/h3-6,11-12H,2,7-10,13-14H2,1H3,(H,26,29). The van der Waals surface area contributed by atoms with E-state index in [4.69, 9.17) is 23.2 Å². The maximum atomic E-state index is 14.1. The van der Waals surface area contributed by atoms with Crippen molar-refractivity contribution in [3.05, 3.63) is 63.4 Å². The number of benzene rings is 2. The van der Waals surface area contributed by atoms with E-state index in [2.05, 4.69) is 10.2 Å². The third-order valence-corrected chi connectivity index (χ3v) is 6.80. The summed E-state index contributed by atoms with van der Waals surface area (Å²) in [5.74, 6) is -0.251. The van der Waals surface area contributed by atoms with Crippen LogP contribution < -0.4 is 10.2 Å². The van der Waals surface area contributed by atoms with E-state index in [9.17, 15) is 9.18 Å². The summed E-state index contributed by atoms with van der Waals surface area (Å²) in [4.78, 5) is 16.7. The first-order valence-electron chi connectivity index (χ1n) is 9.93. The van der Waals surface area contributed by atoms with Crippen molar-refractivity contribution in [2.75, 3.05) is 31.1 Å². The number of anilines is 1. The molecule has 1 spiro atoms. The molecule has 29 heavy (non-hydrogen) atoms. The number of hydrogen-bond acceptors (Lipinski definition) is 2. The van der Waals surface area contributed by atoms with E-state index < -0.39 is 0 Å². The number of carbonyl (C=O) groups is 1. The van der Waals surface area contributed by atoms with E-state index in [1.807, 2.05) is 25.1 Å². The lowest BCUT2D eigenvalue weighted by Crippen LogP contribution is -2.47. The number of rotatable bonds is 3. The highest BCUT2D eigenvalue weighted by molar-refractivity contribution is 6.42. The maximum absolute atomic E-state index is 14.1. The molecule has 0 unspecified atom stereocenters. The molecular formula is C22H24Cl2FN3O. The second-order valence-electron chi connectivity index (χ2n) is 7.89. The van der Waals surface area contributed by atoms with Crippen molar-refractivity contribution in [2.45, 2.75) is 31.7 Å². The number of nitrogens with one attached hydrogen (secondary N) is 1. The molecule has 4 nitrogen and oxygen atoms in total. The van der Waals surface area contributed by atoms with Crippen molar-refractivity contribution >= 4 is 34.9 Å². The number of halogens is 3. The van der Waals surface area contributed by atoms with E-state index in [1.54, 1.807) is 17.0 Å². The molecule has 0 bridgehead atoms. The van der Waals surface area contributed by atoms with Crippen LogP contribution in [0.25, 0.3) is 0 Å². The molecule has 2 aromatic carbocycles. The van der Waals surface area contributed by atoms with Crippen LogP contribution in [0.4, 0.5) is 14.9 Å². The molecule has 0 radical (unpaired) electrons. The molecular weight excluding hydrogens is 412 g/mol. The van der Waals surface area contributed by atoms with Gasteiger partial charge in [0.15, 0.2) is 0 Å². The molecule has 0 atom stereocenters. The maximum Gasteiger partial charge on any atom is 0.321 e. The van der Waals surface area contributed by atoms with Gasteiger partial charge in [0, 0.05) is 30.7 Å². The van der Waals surface area contributed by atoms with Gasteiger partial charge in [-0.05, 0) is 74.3 Å². The van der Waals surface area contributed by atoms with Crippen molar-refractivity contribution < 1.29 is 9.18 Å². The van der Waals surface area contributed by atoms with Crippen LogP contribution in [0, 0.1) is 5.82 Å². The van der Waals surface area contributed by atoms with Crippen LogP contribution in [0.3, 0.4) is 0 Å². The zero-order valence-corrected chi connectivity index (χ0v) is 17.9. The predicted molar refractivity (Wildman–Crippen MR) is 115 cm³/mol. The zero-order valence-electron chi connectivity index (χ0n) is 16.4. The van der Waals surface area contributed by atoms with Gasteiger partial charge >= 0.3 is 6.03 Å². The summed E-state index contributed by atoms with van der Waals surface area (Å²) in [5, 5.41) is 4.00. The topological polar surface area (TPSA) is 35.6 Å². The molecule has 1 fully saturated rings. The van der Waals surface area contributed by atoms with Crippen molar-refractivity contribution in [2.24, 2.45) is 0 Å². The van der Waals surface area contributed by atoms with Gasteiger partial charge in [0.05, 0.1) is 10.0 Å². The molecule has 2 aromatic rings. The van der Waals surface area contributed by atoms with Crippen molar-refractivity contribution in [3.8, 4) is 0 Å². The monoisotopic (exact) mass is 435 g/mol. The lowest BCUT2D eigenvalue weighted by Gasteiger charge is -2.40. The molecule has 1 saturated heterocycles. The summed E-state index contributed by atoms with van der Waals surface area (Å²) in [6.45, 7) is 5.60. The Labute approximate surface area is 180 Å². The fraction of sp³-hybridized carbons (Fsp3) is 0.409. The quantitative estimate of drug-likeness (QED) is 0.717. The number of fused-ring (bicyclic) bond motifs is 2. The van der Waals surface area contributed by atoms with Crippen molar-refractivity contribution in [3.63, 3.8) is 0 Å². The number of piperidine rings is 1. The Morgan fingerprint density at radius 1 is 1.14 bits per heavy atom. The van der Waals surface area contributed by atoms with Gasteiger partial charge in [-0.25, -0.2) is 9.18 Å². The minimum Gasteiger partial charge on any atom is -0.338 e. The third kappa shape index (κ3) is 3.96. The highest BCUT2D eigenvalue weighted by Gasteiger charge is 2.46. The van der Waals surface area contributed by atoms with Gasteiger partial charge in [-0.2, -0.15) is 0 Å². The van der Waals surface area contributed by atoms with E-state index in [-0.39, 0.29) is 17.3 Å². The number of likely N-dealkylation sites (tertiary alicyclic amines) is 1. The van der Waals surface area contributed by atoms with E-state index in [1.165, 1.54) is 6.07 Å². The van der Waals surface area contributed by atoms with Crippen LogP contribution in [0.1, 0.15) is 30.9 Å². The molecule has 2 aliphatic heterocycles. The fourth-order valence-corrected chi connectivity index (χ4v) is 4.85. The van der Waals surface area contributed by atoms with Crippen LogP contribution >= 0.6 is 23.2 Å². The second-order valence-corrected chi connectivity index (χ2v) is 8.70. The highest BCUT2D eigenvalue weighted by atomic mass is 35.5. The molecule has 154 valence electrons. The van der Waals surface area contributed by atoms with Crippen LogP contribution in [-0.4, -0.2) is 37.1 Å². The molecule has 4 rings (SSSR count). The van der Waals surface area contributed by atoms with Crippen LogP contribution in [0.15, 0.2) is 36.4 Å². The summed E-state index contributed by atoms with van der Waals surface area (Å²) in [6.07, 6.45) is 1.75. The number of amides is 2.